The summed E-state index contributed by atoms with van der Waals surface area (Å²) < 4.78 is 2.32. The van der Waals surface area contributed by atoms with Gasteiger partial charge in [0, 0.05) is 6.04 Å². The second-order valence-electron chi connectivity index (χ2n) is 6.20. The standard InChI is InChI=1S/C15H18ClN3/c1-15(17,9-5-6-9)14-18-12-4-2-3-11(16)13(12)19(14)10-7-8-10/h2-4,9-10H,5-8,17H2,1H3. The van der Waals surface area contributed by atoms with Gasteiger partial charge >= 0.3 is 0 Å². The number of aromatic nitrogens is 2. The van der Waals surface area contributed by atoms with Gasteiger partial charge in [0.2, 0.25) is 0 Å². The number of para-hydroxylation sites is 1. The lowest BCUT2D eigenvalue weighted by Gasteiger charge is -2.25. The molecule has 2 aliphatic rings. The Labute approximate surface area is 117 Å². The van der Waals surface area contributed by atoms with Gasteiger partial charge in [-0.2, -0.15) is 0 Å². The zero-order valence-electron chi connectivity index (χ0n) is 11.1. The number of imidazole rings is 1. The summed E-state index contributed by atoms with van der Waals surface area (Å²) in [6, 6.07) is 6.48. The topological polar surface area (TPSA) is 43.8 Å². The third kappa shape index (κ3) is 1.72. The second kappa shape index (κ2) is 3.74. The number of fused-ring (bicyclic) bond motifs is 1. The number of nitrogens with two attached hydrogens (primary N) is 1. The predicted octanol–water partition coefficient (Wildman–Crippen LogP) is 3.61. The summed E-state index contributed by atoms with van der Waals surface area (Å²) in [6.07, 6.45) is 4.86. The molecule has 0 amide bonds. The number of hydrogen-bond donors (Lipinski definition) is 1. The Morgan fingerprint density at radius 2 is 2.05 bits per heavy atom. The van der Waals surface area contributed by atoms with Crippen LogP contribution >= 0.6 is 11.6 Å². The Morgan fingerprint density at radius 3 is 2.68 bits per heavy atom. The molecule has 0 spiro atoms. The average molecular weight is 276 g/mol. The fraction of sp³-hybridized carbons (Fsp3) is 0.533. The van der Waals surface area contributed by atoms with E-state index < -0.39 is 0 Å². The third-order valence-electron chi connectivity index (χ3n) is 4.48. The molecule has 1 aromatic carbocycles. The molecule has 3 nitrogen and oxygen atoms in total. The van der Waals surface area contributed by atoms with E-state index in [-0.39, 0.29) is 5.54 Å². The molecular weight excluding hydrogens is 258 g/mol. The van der Waals surface area contributed by atoms with Gasteiger partial charge < -0.3 is 10.3 Å². The Hall–Kier alpha value is -1.06. The lowest BCUT2D eigenvalue weighted by molar-refractivity contribution is 0.383. The quantitative estimate of drug-likeness (QED) is 0.930. The van der Waals surface area contributed by atoms with Crippen LogP contribution in [0, 0.1) is 5.92 Å². The molecule has 1 heterocycles. The first-order chi connectivity index (χ1) is 9.09. The van der Waals surface area contributed by atoms with Crippen LogP contribution in [0.25, 0.3) is 11.0 Å². The SMILES string of the molecule is CC(N)(c1nc2cccc(Cl)c2n1C1CC1)C1CC1. The summed E-state index contributed by atoms with van der Waals surface area (Å²) >= 11 is 6.39. The van der Waals surface area contributed by atoms with Gasteiger partial charge in [0.1, 0.15) is 5.82 Å². The molecule has 19 heavy (non-hydrogen) atoms. The van der Waals surface area contributed by atoms with Crippen LogP contribution in [-0.2, 0) is 5.54 Å². The zero-order chi connectivity index (χ0) is 13.2. The van der Waals surface area contributed by atoms with E-state index in [1.165, 1.54) is 25.7 Å². The van der Waals surface area contributed by atoms with E-state index in [1.807, 2.05) is 18.2 Å². The highest BCUT2D eigenvalue weighted by molar-refractivity contribution is 6.35. The molecule has 0 saturated heterocycles. The van der Waals surface area contributed by atoms with Crippen molar-refractivity contribution in [2.75, 3.05) is 0 Å². The van der Waals surface area contributed by atoms with Crippen LogP contribution in [0.15, 0.2) is 18.2 Å². The minimum atomic E-state index is -0.328. The largest absolute Gasteiger partial charge is 0.322 e. The van der Waals surface area contributed by atoms with Crippen molar-refractivity contribution < 1.29 is 0 Å². The monoisotopic (exact) mass is 275 g/mol. The summed E-state index contributed by atoms with van der Waals surface area (Å²) in [5.74, 6) is 1.60. The maximum atomic E-state index is 6.60. The summed E-state index contributed by atoms with van der Waals surface area (Å²) in [5, 5.41) is 0.787. The summed E-state index contributed by atoms with van der Waals surface area (Å²) in [7, 11) is 0. The molecule has 2 N–H and O–H groups in total. The first-order valence-electron chi connectivity index (χ1n) is 7.05. The van der Waals surface area contributed by atoms with Crippen molar-refractivity contribution in [1.29, 1.82) is 0 Å². The maximum Gasteiger partial charge on any atom is 0.130 e. The van der Waals surface area contributed by atoms with Crippen LogP contribution in [-0.4, -0.2) is 9.55 Å². The number of benzene rings is 1. The van der Waals surface area contributed by atoms with Gasteiger partial charge in [0.25, 0.3) is 0 Å². The second-order valence-corrected chi connectivity index (χ2v) is 6.61. The first-order valence-corrected chi connectivity index (χ1v) is 7.42. The molecule has 2 aromatic rings. The Morgan fingerprint density at radius 1 is 1.32 bits per heavy atom. The molecule has 100 valence electrons. The predicted molar refractivity (Wildman–Crippen MR) is 77.3 cm³/mol. The van der Waals surface area contributed by atoms with Gasteiger partial charge in [-0.1, -0.05) is 17.7 Å². The zero-order valence-corrected chi connectivity index (χ0v) is 11.8. The van der Waals surface area contributed by atoms with E-state index in [0.717, 1.165) is 21.9 Å². The van der Waals surface area contributed by atoms with E-state index in [2.05, 4.69) is 11.5 Å². The molecule has 2 aliphatic carbocycles. The average Bonchev–Trinajstić information content (AvgIpc) is 3.24. The molecular formula is C15H18ClN3. The van der Waals surface area contributed by atoms with Gasteiger partial charge in [-0.05, 0) is 50.7 Å². The number of halogens is 1. The van der Waals surface area contributed by atoms with Gasteiger partial charge in [-0.3, -0.25) is 0 Å². The van der Waals surface area contributed by atoms with Gasteiger partial charge in [0.05, 0.1) is 21.6 Å². The van der Waals surface area contributed by atoms with Crippen molar-refractivity contribution >= 4 is 22.6 Å². The molecule has 4 heteroatoms. The van der Waals surface area contributed by atoms with Gasteiger partial charge in [0.15, 0.2) is 0 Å². The van der Waals surface area contributed by atoms with Crippen LogP contribution in [0.1, 0.15) is 44.5 Å². The minimum Gasteiger partial charge on any atom is -0.322 e. The fourth-order valence-corrected chi connectivity index (χ4v) is 3.30. The lowest BCUT2D eigenvalue weighted by atomic mass is 9.96. The summed E-state index contributed by atoms with van der Waals surface area (Å²) in [4.78, 5) is 4.82. The van der Waals surface area contributed by atoms with Crippen molar-refractivity contribution in [3.05, 3.63) is 29.0 Å². The van der Waals surface area contributed by atoms with Crippen molar-refractivity contribution in [1.82, 2.24) is 9.55 Å². The molecule has 4 rings (SSSR count). The van der Waals surface area contributed by atoms with Crippen molar-refractivity contribution in [3.8, 4) is 0 Å². The van der Waals surface area contributed by atoms with E-state index in [4.69, 9.17) is 22.3 Å². The highest BCUT2D eigenvalue weighted by Gasteiger charge is 2.45. The Balaban J connectivity index is 1.99. The maximum absolute atomic E-state index is 6.60. The van der Waals surface area contributed by atoms with Crippen LogP contribution in [0.2, 0.25) is 5.02 Å². The highest BCUT2D eigenvalue weighted by Crippen LogP contribution is 2.48. The third-order valence-corrected chi connectivity index (χ3v) is 4.79. The molecule has 0 aliphatic heterocycles. The van der Waals surface area contributed by atoms with E-state index in [1.54, 1.807) is 0 Å². The molecule has 1 atom stereocenters. The molecule has 1 aromatic heterocycles. The molecule has 2 saturated carbocycles. The number of nitrogens with zero attached hydrogens (tertiary/aromatic N) is 2. The fourth-order valence-electron chi connectivity index (χ4n) is 3.04. The van der Waals surface area contributed by atoms with E-state index >= 15 is 0 Å². The van der Waals surface area contributed by atoms with Crippen LogP contribution in [0.4, 0.5) is 0 Å². The minimum absolute atomic E-state index is 0.328. The Kier molecular flexibility index (Phi) is 2.31. The number of rotatable bonds is 3. The van der Waals surface area contributed by atoms with Crippen molar-refractivity contribution in [2.45, 2.75) is 44.2 Å². The molecule has 2 fully saturated rings. The van der Waals surface area contributed by atoms with Crippen molar-refractivity contribution in [2.24, 2.45) is 11.7 Å². The Bertz CT molecular complexity index is 651. The summed E-state index contributed by atoms with van der Waals surface area (Å²) in [5.41, 5.74) is 8.32. The summed E-state index contributed by atoms with van der Waals surface area (Å²) in [6.45, 7) is 2.12. The van der Waals surface area contributed by atoms with Crippen LogP contribution in [0.3, 0.4) is 0 Å². The lowest BCUT2D eigenvalue weighted by Crippen LogP contribution is -2.38. The van der Waals surface area contributed by atoms with Gasteiger partial charge in [-0.15, -0.1) is 0 Å². The van der Waals surface area contributed by atoms with E-state index in [9.17, 15) is 0 Å². The molecule has 0 radical (unpaired) electrons. The van der Waals surface area contributed by atoms with E-state index in [0.29, 0.717) is 12.0 Å². The van der Waals surface area contributed by atoms with Crippen LogP contribution < -0.4 is 5.73 Å². The highest BCUT2D eigenvalue weighted by atomic mass is 35.5. The normalized spacial score (nSPS) is 22.7. The molecule has 1 unspecified atom stereocenters. The first kappa shape index (κ1) is 11.7. The van der Waals surface area contributed by atoms with Crippen molar-refractivity contribution in [3.63, 3.8) is 0 Å². The smallest absolute Gasteiger partial charge is 0.130 e. The van der Waals surface area contributed by atoms with Crippen LogP contribution in [0.5, 0.6) is 0 Å². The number of hydrogen-bond acceptors (Lipinski definition) is 2. The molecule has 0 bridgehead atoms. The van der Waals surface area contributed by atoms with Gasteiger partial charge in [-0.25, -0.2) is 4.98 Å².